The molecule has 1 aliphatic rings. The van der Waals surface area contributed by atoms with E-state index in [9.17, 15) is 9.59 Å². The largest absolute Gasteiger partial charge is 0.490 e. The summed E-state index contributed by atoms with van der Waals surface area (Å²) in [5.74, 6) is 2.92. The summed E-state index contributed by atoms with van der Waals surface area (Å²) in [4.78, 5) is 25.0. The predicted octanol–water partition coefficient (Wildman–Crippen LogP) is 2.86. The summed E-state index contributed by atoms with van der Waals surface area (Å²) >= 11 is 0. The van der Waals surface area contributed by atoms with Crippen molar-refractivity contribution in [3.8, 4) is 23.8 Å². The van der Waals surface area contributed by atoms with E-state index in [0.717, 1.165) is 5.56 Å². The lowest BCUT2D eigenvalue weighted by molar-refractivity contribution is -0.113. The van der Waals surface area contributed by atoms with Gasteiger partial charge in [-0.05, 0) is 31.2 Å². The van der Waals surface area contributed by atoms with Gasteiger partial charge in [-0.3, -0.25) is 9.59 Å². The number of terminal acetylenes is 1. The van der Waals surface area contributed by atoms with Crippen molar-refractivity contribution >= 4 is 23.6 Å². The minimum absolute atomic E-state index is 0.106. The third-order valence-corrected chi connectivity index (χ3v) is 4.07. The molecule has 0 saturated carbocycles. The third kappa shape index (κ3) is 4.15. The first-order valence-corrected chi connectivity index (χ1v) is 8.85. The quantitative estimate of drug-likeness (QED) is 0.760. The Hall–Kier alpha value is -3.72. The predicted molar refractivity (Wildman–Crippen MR) is 107 cm³/mol. The Morgan fingerprint density at radius 2 is 2.00 bits per heavy atom. The Balaban J connectivity index is 1.81. The van der Waals surface area contributed by atoms with Crippen LogP contribution in [0.15, 0.2) is 48.0 Å². The number of amides is 2. The van der Waals surface area contributed by atoms with Crippen molar-refractivity contribution < 1.29 is 19.1 Å². The summed E-state index contributed by atoms with van der Waals surface area (Å²) in [7, 11) is 0. The highest BCUT2D eigenvalue weighted by molar-refractivity contribution is 6.11. The summed E-state index contributed by atoms with van der Waals surface area (Å²) in [5, 5.41) is 5.37. The highest BCUT2D eigenvalue weighted by atomic mass is 16.5. The van der Waals surface area contributed by atoms with E-state index in [1.165, 1.54) is 0 Å². The molecule has 0 unspecified atom stereocenters. The molecule has 6 nitrogen and oxygen atoms in total. The van der Waals surface area contributed by atoms with Gasteiger partial charge < -0.3 is 20.1 Å². The van der Waals surface area contributed by atoms with Gasteiger partial charge in [0.25, 0.3) is 11.8 Å². The van der Waals surface area contributed by atoms with E-state index in [0.29, 0.717) is 34.9 Å². The summed E-state index contributed by atoms with van der Waals surface area (Å²) < 4.78 is 11.3. The fourth-order valence-electron chi connectivity index (χ4n) is 2.80. The average Bonchev–Trinajstić information content (AvgIpc) is 2.72. The van der Waals surface area contributed by atoms with Crippen LogP contribution < -0.4 is 20.1 Å². The van der Waals surface area contributed by atoms with Gasteiger partial charge in [0.1, 0.15) is 6.61 Å². The number of fused-ring (bicyclic) bond motifs is 1. The van der Waals surface area contributed by atoms with Gasteiger partial charge in [-0.15, -0.1) is 6.42 Å². The standard InChI is InChI=1S/C22H20N2O4/c1-3-12-23-22(26)17-9-5-6-10-18(17)24-21(25)16-13-15-8-7-11-19(27-4-2)20(15)28-14-16/h1,5-11,13H,4,12,14H2,2H3,(H,23,26)(H,24,25). The SMILES string of the molecule is C#CCNC(=O)c1ccccc1NC(=O)C1=Cc2cccc(OCC)c2OC1. The minimum atomic E-state index is -0.352. The second-order valence-corrected chi connectivity index (χ2v) is 5.95. The molecule has 2 amide bonds. The van der Waals surface area contributed by atoms with Crippen LogP contribution in [0.4, 0.5) is 5.69 Å². The Bertz CT molecular complexity index is 973. The molecule has 0 aromatic heterocycles. The van der Waals surface area contributed by atoms with Crippen LogP contribution in [0, 0.1) is 12.3 Å². The molecule has 0 fully saturated rings. The van der Waals surface area contributed by atoms with E-state index in [1.54, 1.807) is 30.3 Å². The summed E-state index contributed by atoms with van der Waals surface area (Å²) in [6, 6.07) is 12.3. The smallest absolute Gasteiger partial charge is 0.255 e. The van der Waals surface area contributed by atoms with Crippen LogP contribution in [0.5, 0.6) is 11.5 Å². The molecular weight excluding hydrogens is 356 g/mol. The number of carbonyl (C=O) groups excluding carboxylic acids is 2. The summed E-state index contributed by atoms with van der Waals surface area (Å²) in [6.45, 7) is 2.64. The number of ether oxygens (including phenoxy) is 2. The average molecular weight is 376 g/mol. The van der Waals surface area contributed by atoms with Gasteiger partial charge in [0.05, 0.1) is 30.0 Å². The van der Waals surface area contributed by atoms with Crippen molar-refractivity contribution in [2.45, 2.75) is 6.92 Å². The molecule has 0 saturated heterocycles. The number of anilines is 1. The molecule has 1 heterocycles. The van der Waals surface area contributed by atoms with Crippen LogP contribution in [-0.4, -0.2) is 31.6 Å². The van der Waals surface area contributed by atoms with Crippen LogP contribution in [0.3, 0.4) is 0 Å². The van der Waals surface area contributed by atoms with Crippen LogP contribution >= 0.6 is 0 Å². The first kappa shape index (κ1) is 19.1. The zero-order valence-corrected chi connectivity index (χ0v) is 15.5. The van der Waals surface area contributed by atoms with E-state index in [4.69, 9.17) is 15.9 Å². The summed E-state index contributed by atoms with van der Waals surface area (Å²) in [6.07, 6.45) is 6.94. The van der Waals surface area contributed by atoms with Crippen LogP contribution in [0.25, 0.3) is 6.08 Å². The molecule has 0 spiro atoms. The first-order valence-electron chi connectivity index (χ1n) is 8.85. The zero-order valence-electron chi connectivity index (χ0n) is 15.5. The van der Waals surface area contributed by atoms with Crippen molar-refractivity contribution in [3.63, 3.8) is 0 Å². The number of para-hydroxylation sites is 2. The second kappa shape index (κ2) is 8.78. The molecule has 0 bridgehead atoms. The number of carbonyl (C=O) groups is 2. The topological polar surface area (TPSA) is 76.7 Å². The number of hydrogen-bond acceptors (Lipinski definition) is 4. The van der Waals surface area contributed by atoms with E-state index < -0.39 is 0 Å². The monoisotopic (exact) mass is 376 g/mol. The Morgan fingerprint density at radius 1 is 1.18 bits per heavy atom. The Morgan fingerprint density at radius 3 is 2.79 bits per heavy atom. The number of benzene rings is 2. The maximum atomic E-state index is 12.7. The van der Waals surface area contributed by atoms with Gasteiger partial charge >= 0.3 is 0 Å². The normalized spacial score (nSPS) is 11.9. The minimum Gasteiger partial charge on any atom is -0.490 e. The van der Waals surface area contributed by atoms with E-state index in [1.807, 2.05) is 25.1 Å². The summed E-state index contributed by atoms with van der Waals surface area (Å²) in [5.41, 5.74) is 1.95. The van der Waals surface area contributed by atoms with Gasteiger partial charge in [0, 0.05) is 5.56 Å². The van der Waals surface area contributed by atoms with Crippen LogP contribution in [0.2, 0.25) is 0 Å². The second-order valence-electron chi connectivity index (χ2n) is 5.95. The zero-order chi connectivity index (χ0) is 19.9. The van der Waals surface area contributed by atoms with Crippen LogP contribution in [0.1, 0.15) is 22.8 Å². The molecule has 2 N–H and O–H groups in total. The number of rotatable bonds is 6. The van der Waals surface area contributed by atoms with Gasteiger partial charge in [-0.2, -0.15) is 0 Å². The van der Waals surface area contributed by atoms with E-state index in [2.05, 4.69) is 16.6 Å². The maximum Gasteiger partial charge on any atom is 0.255 e. The van der Waals surface area contributed by atoms with Gasteiger partial charge in [-0.25, -0.2) is 0 Å². The first-order chi connectivity index (χ1) is 13.6. The Labute approximate surface area is 163 Å². The lowest BCUT2D eigenvalue weighted by atomic mass is 10.1. The van der Waals surface area contributed by atoms with E-state index in [-0.39, 0.29) is 25.0 Å². The lowest BCUT2D eigenvalue weighted by Gasteiger charge is -2.20. The molecule has 28 heavy (non-hydrogen) atoms. The van der Waals surface area contributed by atoms with Crippen molar-refractivity contribution in [1.82, 2.24) is 5.32 Å². The van der Waals surface area contributed by atoms with Gasteiger partial charge in [0.2, 0.25) is 0 Å². The molecule has 6 heteroatoms. The van der Waals surface area contributed by atoms with Crippen molar-refractivity contribution in [2.24, 2.45) is 0 Å². The molecule has 0 atom stereocenters. The lowest BCUT2D eigenvalue weighted by Crippen LogP contribution is -2.26. The molecule has 2 aromatic carbocycles. The molecule has 142 valence electrons. The molecule has 3 rings (SSSR count). The number of nitrogens with one attached hydrogen (secondary N) is 2. The van der Waals surface area contributed by atoms with E-state index >= 15 is 0 Å². The highest BCUT2D eigenvalue weighted by Crippen LogP contribution is 2.36. The molecule has 1 aliphatic heterocycles. The van der Waals surface area contributed by atoms with Gasteiger partial charge in [-0.1, -0.05) is 30.2 Å². The van der Waals surface area contributed by atoms with Crippen molar-refractivity contribution in [1.29, 1.82) is 0 Å². The molecule has 0 aliphatic carbocycles. The third-order valence-electron chi connectivity index (χ3n) is 4.07. The number of hydrogen-bond donors (Lipinski definition) is 2. The molecule has 2 aromatic rings. The molecular formula is C22H20N2O4. The fraction of sp³-hybridized carbons (Fsp3) is 0.182. The van der Waals surface area contributed by atoms with Gasteiger partial charge in [0.15, 0.2) is 11.5 Å². The fourth-order valence-corrected chi connectivity index (χ4v) is 2.80. The van der Waals surface area contributed by atoms with Crippen LogP contribution in [-0.2, 0) is 4.79 Å². The van der Waals surface area contributed by atoms with Crippen molar-refractivity contribution in [2.75, 3.05) is 25.1 Å². The van der Waals surface area contributed by atoms with Crippen molar-refractivity contribution in [3.05, 3.63) is 59.2 Å². The Kier molecular flexibility index (Phi) is 5.97. The molecule has 0 radical (unpaired) electrons. The highest BCUT2D eigenvalue weighted by Gasteiger charge is 2.21. The maximum absolute atomic E-state index is 12.7.